The number of benzene rings is 1. The normalized spacial score (nSPS) is 10.6. The first-order valence-electron chi connectivity index (χ1n) is 6.06. The highest BCUT2D eigenvalue weighted by Gasteiger charge is 2.04. The molecule has 100 valence electrons. The maximum Gasteiger partial charge on any atom is 0.152 e. The van der Waals surface area contributed by atoms with E-state index in [9.17, 15) is 4.79 Å². The molecule has 1 aromatic heterocycles. The minimum Gasteiger partial charge on any atom is -0.330 e. The van der Waals surface area contributed by atoms with E-state index in [2.05, 4.69) is 4.98 Å². The quantitative estimate of drug-likeness (QED) is 0.813. The van der Waals surface area contributed by atoms with Crippen LogP contribution in [0.5, 0.6) is 0 Å². The lowest BCUT2D eigenvalue weighted by Crippen LogP contribution is -2.08. The summed E-state index contributed by atoms with van der Waals surface area (Å²) in [6, 6.07) is 5.47. The highest BCUT2D eigenvalue weighted by molar-refractivity contribution is 6.34. The second-order valence-corrected chi connectivity index (χ2v) is 5.28. The fourth-order valence-corrected chi connectivity index (χ4v) is 2.48. The van der Waals surface area contributed by atoms with E-state index in [0.717, 1.165) is 18.4 Å². The van der Waals surface area contributed by atoms with Crippen LogP contribution in [0.15, 0.2) is 36.9 Å². The predicted octanol–water partition coefficient (Wildman–Crippen LogP) is 3.78. The topological polar surface area (TPSA) is 34.9 Å². The van der Waals surface area contributed by atoms with Gasteiger partial charge in [-0.2, -0.15) is 0 Å². The highest BCUT2D eigenvalue weighted by atomic mass is 35.5. The second kappa shape index (κ2) is 6.73. The third-order valence-corrected chi connectivity index (χ3v) is 3.20. The zero-order chi connectivity index (χ0) is 13.7. The molecule has 0 aliphatic rings. The van der Waals surface area contributed by atoms with Crippen molar-refractivity contribution in [3.8, 4) is 0 Å². The van der Waals surface area contributed by atoms with Gasteiger partial charge in [0.15, 0.2) is 5.78 Å². The number of rotatable bonds is 6. The molecular weight excluding hydrogens is 283 g/mol. The lowest BCUT2D eigenvalue weighted by Gasteiger charge is -2.04. The molecule has 0 radical (unpaired) electrons. The summed E-state index contributed by atoms with van der Waals surface area (Å²) in [4.78, 5) is 15.6. The molecule has 0 atom stereocenters. The van der Waals surface area contributed by atoms with E-state index in [1.165, 1.54) is 0 Å². The van der Waals surface area contributed by atoms with Gasteiger partial charge in [-0.25, -0.2) is 4.98 Å². The van der Waals surface area contributed by atoms with E-state index >= 15 is 0 Å². The van der Waals surface area contributed by atoms with Gasteiger partial charge in [-0.1, -0.05) is 23.2 Å². The van der Waals surface area contributed by atoms with E-state index in [4.69, 9.17) is 23.2 Å². The van der Waals surface area contributed by atoms with Crippen LogP contribution in [-0.4, -0.2) is 15.3 Å². The Bertz CT molecular complexity index is 532. The van der Waals surface area contributed by atoms with Gasteiger partial charge in [0.2, 0.25) is 0 Å². The van der Waals surface area contributed by atoms with Crippen molar-refractivity contribution in [3.05, 3.63) is 52.5 Å². The number of nitrogens with zero attached hydrogens (tertiary/aromatic N) is 2. The summed E-state index contributed by atoms with van der Waals surface area (Å²) < 4.78 is 1.78. The Balaban J connectivity index is 1.78. The second-order valence-electron chi connectivity index (χ2n) is 4.40. The summed E-state index contributed by atoms with van der Waals surface area (Å²) in [5.41, 5.74) is 1.06. The van der Waals surface area contributed by atoms with Crippen molar-refractivity contribution >= 4 is 29.0 Å². The molecule has 0 aliphatic heterocycles. The first-order valence-corrected chi connectivity index (χ1v) is 6.81. The lowest BCUT2D eigenvalue weighted by atomic mass is 10.1. The number of imidazole rings is 1. The molecule has 0 amide bonds. The van der Waals surface area contributed by atoms with Crippen LogP contribution in [-0.2, 0) is 17.8 Å². The molecule has 1 heterocycles. The Morgan fingerprint density at radius 2 is 1.95 bits per heavy atom. The molecule has 0 N–H and O–H groups in total. The van der Waals surface area contributed by atoms with Gasteiger partial charge in [0.05, 0.1) is 12.9 Å². The van der Waals surface area contributed by atoms with Crippen molar-refractivity contribution in [3.63, 3.8) is 0 Å². The molecule has 0 aliphatic carbocycles. The molecule has 0 bridgehead atoms. The van der Waals surface area contributed by atoms with Crippen LogP contribution in [0.2, 0.25) is 10.0 Å². The predicted molar refractivity (Wildman–Crippen MR) is 76.6 cm³/mol. The van der Waals surface area contributed by atoms with Gasteiger partial charge in [-0.05, 0) is 36.6 Å². The number of Topliss-reactive ketones (excluding diaryl/α,β-unsaturated/α-hetero) is 1. The number of aryl methyl sites for hydroxylation is 1. The Morgan fingerprint density at radius 3 is 2.58 bits per heavy atom. The van der Waals surface area contributed by atoms with E-state index in [1.807, 2.05) is 12.1 Å². The van der Waals surface area contributed by atoms with Crippen LogP contribution in [0, 0.1) is 0 Å². The molecule has 19 heavy (non-hydrogen) atoms. The number of hydrogen-bond acceptors (Lipinski definition) is 2. The van der Waals surface area contributed by atoms with Gasteiger partial charge in [0.1, 0.15) is 0 Å². The minimum absolute atomic E-state index is 0.200. The SMILES string of the molecule is O=C(CCCc1cc(Cl)cc(Cl)c1)Cn1ccnc1. The molecule has 5 heteroatoms. The molecule has 0 unspecified atom stereocenters. The molecule has 0 fully saturated rings. The zero-order valence-corrected chi connectivity index (χ0v) is 11.9. The average Bonchev–Trinajstić information content (AvgIpc) is 2.80. The largest absolute Gasteiger partial charge is 0.330 e. The van der Waals surface area contributed by atoms with Gasteiger partial charge >= 0.3 is 0 Å². The molecule has 1 aromatic carbocycles. The number of halogens is 2. The van der Waals surface area contributed by atoms with Crippen LogP contribution in [0.4, 0.5) is 0 Å². The van der Waals surface area contributed by atoms with E-state index in [1.54, 1.807) is 29.4 Å². The Labute approximate surface area is 122 Å². The third-order valence-electron chi connectivity index (χ3n) is 2.76. The Morgan fingerprint density at radius 1 is 1.21 bits per heavy atom. The smallest absolute Gasteiger partial charge is 0.152 e. The Hall–Kier alpha value is -1.32. The maximum absolute atomic E-state index is 11.7. The lowest BCUT2D eigenvalue weighted by molar-refractivity contribution is -0.119. The molecule has 2 aromatic rings. The summed E-state index contributed by atoms with van der Waals surface area (Å²) in [5, 5.41) is 1.26. The standard InChI is InChI=1S/C14H14Cl2N2O/c15-12-6-11(7-13(16)8-12)2-1-3-14(19)9-18-5-4-17-10-18/h4-8,10H,1-3,9H2. The van der Waals surface area contributed by atoms with Crippen LogP contribution < -0.4 is 0 Å². The van der Waals surface area contributed by atoms with Crippen molar-refractivity contribution in [2.24, 2.45) is 0 Å². The Kier molecular flexibility index (Phi) is 5.00. The van der Waals surface area contributed by atoms with E-state index in [0.29, 0.717) is 23.0 Å². The van der Waals surface area contributed by atoms with Gasteiger partial charge in [0, 0.05) is 28.9 Å². The van der Waals surface area contributed by atoms with E-state index in [-0.39, 0.29) is 5.78 Å². The van der Waals surface area contributed by atoms with Gasteiger partial charge in [0.25, 0.3) is 0 Å². The van der Waals surface area contributed by atoms with Gasteiger partial charge in [-0.3, -0.25) is 4.79 Å². The van der Waals surface area contributed by atoms with Gasteiger partial charge in [-0.15, -0.1) is 0 Å². The summed E-state index contributed by atoms with van der Waals surface area (Å²) in [7, 11) is 0. The van der Waals surface area contributed by atoms with Crippen molar-refractivity contribution in [1.82, 2.24) is 9.55 Å². The fraction of sp³-hybridized carbons (Fsp3) is 0.286. The molecule has 3 nitrogen and oxygen atoms in total. The third kappa shape index (κ3) is 4.69. The molecule has 0 saturated carbocycles. The summed E-state index contributed by atoms with van der Waals surface area (Å²) in [6.07, 6.45) is 7.24. The minimum atomic E-state index is 0.200. The van der Waals surface area contributed by atoms with Crippen molar-refractivity contribution < 1.29 is 4.79 Å². The van der Waals surface area contributed by atoms with Crippen LogP contribution in [0.1, 0.15) is 18.4 Å². The van der Waals surface area contributed by atoms with Crippen molar-refractivity contribution in [2.75, 3.05) is 0 Å². The monoisotopic (exact) mass is 296 g/mol. The number of aromatic nitrogens is 2. The number of carbonyl (C=O) groups excluding carboxylic acids is 1. The fourth-order valence-electron chi connectivity index (χ4n) is 1.91. The van der Waals surface area contributed by atoms with E-state index < -0.39 is 0 Å². The first kappa shape index (κ1) is 14.1. The van der Waals surface area contributed by atoms with Crippen LogP contribution in [0.25, 0.3) is 0 Å². The average molecular weight is 297 g/mol. The number of carbonyl (C=O) groups is 1. The number of hydrogen-bond donors (Lipinski definition) is 0. The zero-order valence-electron chi connectivity index (χ0n) is 10.4. The van der Waals surface area contributed by atoms with Crippen LogP contribution >= 0.6 is 23.2 Å². The summed E-state index contributed by atoms with van der Waals surface area (Å²) in [5.74, 6) is 0.200. The molecule has 0 saturated heterocycles. The summed E-state index contributed by atoms with van der Waals surface area (Å²) in [6.45, 7) is 0.385. The molecule has 2 rings (SSSR count). The summed E-state index contributed by atoms with van der Waals surface area (Å²) >= 11 is 11.8. The number of ketones is 1. The van der Waals surface area contributed by atoms with Crippen molar-refractivity contribution in [1.29, 1.82) is 0 Å². The van der Waals surface area contributed by atoms with Crippen LogP contribution in [0.3, 0.4) is 0 Å². The molecular formula is C14H14Cl2N2O. The maximum atomic E-state index is 11.7. The van der Waals surface area contributed by atoms with Crippen molar-refractivity contribution in [2.45, 2.75) is 25.8 Å². The van der Waals surface area contributed by atoms with Gasteiger partial charge < -0.3 is 4.57 Å². The highest BCUT2D eigenvalue weighted by Crippen LogP contribution is 2.20. The first-order chi connectivity index (χ1) is 9.13. The molecule has 0 spiro atoms.